The molecular weight excluding hydrogens is 176 g/mol. The molecule has 0 amide bonds. The van der Waals surface area contributed by atoms with Crippen molar-refractivity contribution in [2.45, 2.75) is 64.1 Å². The van der Waals surface area contributed by atoms with E-state index in [2.05, 4.69) is 6.92 Å². The molecule has 2 heteroatoms. The molecule has 0 heterocycles. The van der Waals surface area contributed by atoms with Crippen molar-refractivity contribution >= 4 is 0 Å². The van der Waals surface area contributed by atoms with Crippen LogP contribution in [0.4, 0.5) is 0 Å². The lowest BCUT2D eigenvalue weighted by Gasteiger charge is -2.48. The summed E-state index contributed by atoms with van der Waals surface area (Å²) in [6.07, 6.45) is 7.18. The van der Waals surface area contributed by atoms with Crippen molar-refractivity contribution in [1.29, 1.82) is 0 Å². The van der Waals surface area contributed by atoms with Crippen LogP contribution < -0.4 is 0 Å². The van der Waals surface area contributed by atoms with E-state index in [1.54, 1.807) is 0 Å². The third-order valence-electron chi connectivity index (χ3n) is 4.48. The highest BCUT2D eigenvalue weighted by atomic mass is 16.3. The van der Waals surface area contributed by atoms with Crippen molar-refractivity contribution in [1.82, 2.24) is 0 Å². The van der Waals surface area contributed by atoms with E-state index in [0.717, 1.165) is 32.1 Å². The summed E-state index contributed by atoms with van der Waals surface area (Å²) in [7, 11) is 0. The molecule has 2 fully saturated rings. The predicted molar refractivity (Wildman–Crippen MR) is 55.9 cm³/mol. The molecule has 4 unspecified atom stereocenters. The molecule has 4 atom stereocenters. The molecule has 0 radical (unpaired) electrons. The topological polar surface area (TPSA) is 40.5 Å². The Bertz CT molecular complexity index is 202. The second-order valence-electron chi connectivity index (χ2n) is 5.40. The molecule has 2 N–H and O–H groups in total. The third-order valence-corrected chi connectivity index (χ3v) is 4.48. The monoisotopic (exact) mass is 198 g/mol. The lowest BCUT2D eigenvalue weighted by Crippen LogP contribution is -2.51. The number of aliphatic hydroxyl groups excluding tert-OH is 2. The summed E-state index contributed by atoms with van der Waals surface area (Å²) in [4.78, 5) is 0. The molecule has 2 nitrogen and oxygen atoms in total. The zero-order valence-corrected chi connectivity index (χ0v) is 9.08. The van der Waals surface area contributed by atoms with Gasteiger partial charge in [-0.1, -0.05) is 26.2 Å². The Balaban J connectivity index is 2.19. The number of hydrogen-bond acceptors (Lipinski definition) is 2. The van der Waals surface area contributed by atoms with Gasteiger partial charge in [0.25, 0.3) is 0 Å². The Hall–Kier alpha value is -0.0800. The van der Waals surface area contributed by atoms with Gasteiger partial charge in [0.15, 0.2) is 0 Å². The molecule has 82 valence electrons. The fourth-order valence-corrected chi connectivity index (χ4v) is 3.30. The molecule has 2 bridgehead atoms. The Morgan fingerprint density at radius 3 is 2.57 bits per heavy atom. The van der Waals surface area contributed by atoms with Gasteiger partial charge in [-0.2, -0.15) is 0 Å². The summed E-state index contributed by atoms with van der Waals surface area (Å²) >= 11 is 0. The summed E-state index contributed by atoms with van der Waals surface area (Å²) in [5.74, 6) is 0.448. The first-order valence-electron chi connectivity index (χ1n) is 6.01. The van der Waals surface area contributed by atoms with Gasteiger partial charge in [0.05, 0.1) is 12.2 Å². The smallest absolute Gasteiger partial charge is 0.0646 e. The zero-order chi connectivity index (χ0) is 10.2. The van der Waals surface area contributed by atoms with Gasteiger partial charge >= 0.3 is 0 Å². The average molecular weight is 198 g/mol. The lowest BCUT2D eigenvalue weighted by molar-refractivity contribution is -0.128. The molecule has 0 aromatic heterocycles. The van der Waals surface area contributed by atoms with Crippen LogP contribution in [0.1, 0.15) is 51.9 Å². The van der Waals surface area contributed by atoms with Crippen LogP contribution in [0.15, 0.2) is 0 Å². The first kappa shape index (κ1) is 10.4. The van der Waals surface area contributed by atoms with E-state index >= 15 is 0 Å². The van der Waals surface area contributed by atoms with Gasteiger partial charge in [-0.05, 0) is 31.6 Å². The van der Waals surface area contributed by atoms with E-state index in [0.29, 0.717) is 5.92 Å². The normalized spacial score (nSPS) is 49.5. The molecule has 0 aromatic carbocycles. The maximum absolute atomic E-state index is 10.3. The van der Waals surface area contributed by atoms with Gasteiger partial charge in [0.1, 0.15) is 0 Å². The molecule has 0 aliphatic heterocycles. The minimum atomic E-state index is -0.285. The molecule has 2 rings (SSSR count). The van der Waals surface area contributed by atoms with E-state index in [1.165, 1.54) is 12.8 Å². The highest BCUT2D eigenvalue weighted by Gasteiger charge is 2.46. The van der Waals surface area contributed by atoms with Crippen LogP contribution in [0.2, 0.25) is 0 Å². The number of aliphatic hydroxyl groups is 2. The van der Waals surface area contributed by atoms with Crippen LogP contribution in [0.3, 0.4) is 0 Å². The van der Waals surface area contributed by atoms with E-state index in [-0.39, 0.29) is 17.6 Å². The van der Waals surface area contributed by atoms with Crippen molar-refractivity contribution in [3.05, 3.63) is 0 Å². The van der Waals surface area contributed by atoms with Gasteiger partial charge in [0, 0.05) is 5.41 Å². The van der Waals surface area contributed by atoms with Gasteiger partial charge in [-0.3, -0.25) is 0 Å². The van der Waals surface area contributed by atoms with Crippen LogP contribution in [0, 0.1) is 11.3 Å². The summed E-state index contributed by atoms with van der Waals surface area (Å²) in [6, 6.07) is 0. The highest BCUT2D eigenvalue weighted by Crippen LogP contribution is 2.46. The second kappa shape index (κ2) is 3.82. The zero-order valence-electron chi connectivity index (χ0n) is 9.08. The van der Waals surface area contributed by atoms with Crippen LogP contribution in [-0.2, 0) is 0 Å². The lowest BCUT2D eigenvalue weighted by atomic mass is 9.62. The number of rotatable bonds is 0. The minimum absolute atomic E-state index is 0.219. The summed E-state index contributed by atoms with van der Waals surface area (Å²) in [5.41, 5.74) is -0.219. The Morgan fingerprint density at radius 1 is 1.00 bits per heavy atom. The Kier molecular flexibility index (Phi) is 2.85. The van der Waals surface area contributed by atoms with E-state index in [4.69, 9.17) is 0 Å². The summed E-state index contributed by atoms with van der Waals surface area (Å²) in [6.45, 7) is 2.07. The molecule has 0 saturated heterocycles. The van der Waals surface area contributed by atoms with Gasteiger partial charge in [-0.15, -0.1) is 0 Å². The predicted octanol–water partition coefficient (Wildman–Crippen LogP) is 2.09. The van der Waals surface area contributed by atoms with Gasteiger partial charge < -0.3 is 10.2 Å². The number of hydrogen-bond donors (Lipinski definition) is 2. The molecule has 2 aliphatic carbocycles. The second-order valence-corrected chi connectivity index (χ2v) is 5.40. The van der Waals surface area contributed by atoms with Crippen LogP contribution in [0.5, 0.6) is 0 Å². The van der Waals surface area contributed by atoms with Crippen LogP contribution in [-0.4, -0.2) is 22.4 Å². The van der Waals surface area contributed by atoms with E-state index < -0.39 is 0 Å². The quantitative estimate of drug-likeness (QED) is 0.625. The molecule has 14 heavy (non-hydrogen) atoms. The number of fused-ring (bicyclic) bond motifs is 2. The van der Waals surface area contributed by atoms with Crippen LogP contribution in [0.25, 0.3) is 0 Å². The molecule has 2 saturated carbocycles. The Morgan fingerprint density at radius 2 is 1.79 bits per heavy atom. The summed E-state index contributed by atoms with van der Waals surface area (Å²) in [5, 5.41) is 20.3. The third kappa shape index (κ3) is 1.59. The fraction of sp³-hybridized carbons (Fsp3) is 1.00. The first-order chi connectivity index (χ1) is 6.64. The fourth-order valence-electron chi connectivity index (χ4n) is 3.30. The van der Waals surface area contributed by atoms with Crippen molar-refractivity contribution in [3.63, 3.8) is 0 Å². The summed E-state index contributed by atoms with van der Waals surface area (Å²) < 4.78 is 0. The molecule has 0 aromatic rings. The highest BCUT2D eigenvalue weighted by molar-refractivity contribution is 4.97. The first-order valence-corrected chi connectivity index (χ1v) is 6.01. The van der Waals surface area contributed by atoms with E-state index in [1.807, 2.05) is 0 Å². The van der Waals surface area contributed by atoms with Crippen molar-refractivity contribution < 1.29 is 10.2 Å². The minimum Gasteiger partial charge on any atom is -0.392 e. The standard InChI is InChI=1S/C12H22O2/c1-12-8-4-2-3-5-9(11(12)14)6-7-10(12)13/h9-11,13-14H,2-8H2,1H3. The van der Waals surface area contributed by atoms with E-state index in [9.17, 15) is 10.2 Å². The Labute approximate surface area is 86.3 Å². The van der Waals surface area contributed by atoms with Crippen LogP contribution >= 0.6 is 0 Å². The van der Waals surface area contributed by atoms with Gasteiger partial charge in [0.2, 0.25) is 0 Å². The average Bonchev–Trinajstić information content (AvgIpc) is 2.17. The van der Waals surface area contributed by atoms with Crippen molar-refractivity contribution in [2.75, 3.05) is 0 Å². The van der Waals surface area contributed by atoms with Crippen molar-refractivity contribution in [2.24, 2.45) is 11.3 Å². The molecule has 0 spiro atoms. The maximum Gasteiger partial charge on any atom is 0.0646 e. The van der Waals surface area contributed by atoms with Crippen molar-refractivity contribution in [3.8, 4) is 0 Å². The van der Waals surface area contributed by atoms with Gasteiger partial charge in [-0.25, -0.2) is 0 Å². The largest absolute Gasteiger partial charge is 0.392 e. The molecule has 2 aliphatic rings. The molecular formula is C12H22O2. The maximum atomic E-state index is 10.3. The SMILES string of the molecule is CC12CCCCCC(CCC1O)C2O.